The summed E-state index contributed by atoms with van der Waals surface area (Å²) in [7, 11) is 0. The van der Waals surface area contributed by atoms with Crippen molar-refractivity contribution < 1.29 is 20.1 Å². The van der Waals surface area contributed by atoms with Crippen molar-refractivity contribution >= 4 is 28.3 Å². The van der Waals surface area contributed by atoms with Gasteiger partial charge in [0, 0.05) is 10.4 Å². The lowest BCUT2D eigenvalue weighted by Crippen LogP contribution is -2.22. The third-order valence-electron chi connectivity index (χ3n) is 2.95. The first-order valence-corrected chi connectivity index (χ1v) is 6.13. The fourth-order valence-corrected chi connectivity index (χ4v) is 2.36. The van der Waals surface area contributed by atoms with Gasteiger partial charge in [0.1, 0.15) is 6.10 Å². The Kier molecular flexibility index (Phi) is 4.04. The number of fused-ring (bicyclic) bond motifs is 1. The largest absolute Gasteiger partial charge is 0.481 e. The molecule has 0 fully saturated rings. The van der Waals surface area contributed by atoms with Gasteiger partial charge >= 0.3 is 5.97 Å². The summed E-state index contributed by atoms with van der Waals surface area (Å²) in [6.07, 6.45) is -3.19. The molecule has 0 amide bonds. The van der Waals surface area contributed by atoms with E-state index in [4.69, 9.17) is 16.7 Å². The standard InChI is InChI=1S/C14H13ClO4/c15-10-6-2-4-8-3-1-5-9(13(8)10)14(19)11(16)7-12(17)18/h1-6,11,14,16,19H,7H2,(H,17,18). The van der Waals surface area contributed by atoms with Crippen LogP contribution >= 0.6 is 11.6 Å². The van der Waals surface area contributed by atoms with Crippen LogP contribution in [0.4, 0.5) is 0 Å². The SMILES string of the molecule is O=C(O)CC(O)C(O)c1cccc2cccc(Cl)c12. The summed E-state index contributed by atoms with van der Waals surface area (Å²) in [5.74, 6) is -1.17. The first-order valence-electron chi connectivity index (χ1n) is 5.75. The van der Waals surface area contributed by atoms with E-state index in [1.807, 2.05) is 12.1 Å². The number of carbonyl (C=O) groups is 1. The van der Waals surface area contributed by atoms with Crippen LogP contribution in [0.5, 0.6) is 0 Å². The molecule has 2 rings (SSSR count). The molecule has 0 bridgehead atoms. The molecule has 0 aliphatic carbocycles. The van der Waals surface area contributed by atoms with Crippen LogP contribution in [-0.4, -0.2) is 27.4 Å². The normalized spacial score (nSPS) is 14.3. The van der Waals surface area contributed by atoms with Gasteiger partial charge in [-0.05, 0) is 17.0 Å². The zero-order valence-electron chi connectivity index (χ0n) is 9.95. The minimum Gasteiger partial charge on any atom is -0.481 e. The van der Waals surface area contributed by atoms with E-state index < -0.39 is 24.6 Å². The van der Waals surface area contributed by atoms with Gasteiger partial charge in [-0.25, -0.2) is 0 Å². The zero-order chi connectivity index (χ0) is 14.0. The van der Waals surface area contributed by atoms with Crippen LogP contribution in [-0.2, 0) is 4.79 Å². The number of aliphatic hydroxyl groups excluding tert-OH is 2. The molecule has 5 heteroatoms. The summed E-state index contributed by atoms with van der Waals surface area (Å²) in [5.41, 5.74) is 0.428. The second kappa shape index (κ2) is 5.57. The van der Waals surface area contributed by atoms with Crippen molar-refractivity contribution in [3.05, 3.63) is 47.0 Å². The van der Waals surface area contributed by atoms with Crippen molar-refractivity contribution in [1.29, 1.82) is 0 Å². The van der Waals surface area contributed by atoms with Crippen LogP contribution in [0.25, 0.3) is 10.8 Å². The lowest BCUT2D eigenvalue weighted by atomic mass is 9.96. The quantitative estimate of drug-likeness (QED) is 0.803. The fourth-order valence-electron chi connectivity index (χ4n) is 2.07. The van der Waals surface area contributed by atoms with Crippen molar-refractivity contribution in [2.45, 2.75) is 18.6 Å². The highest BCUT2D eigenvalue weighted by molar-refractivity contribution is 6.35. The minimum absolute atomic E-state index is 0.428. The lowest BCUT2D eigenvalue weighted by molar-refractivity contribution is -0.141. The van der Waals surface area contributed by atoms with Crippen LogP contribution in [0.1, 0.15) is 18.1 Å². The van der Waals surface area contributed by atoms with Gasteiger partial charge in [-0.3, -0.25) is 4.79 Å². The number of rotatable bonds is 4. The van der Waals surface area contributed by atoms with Crippen LogP contribution < -0.4 is 0 Å². The lowest BCUT2D eigenvalue weighted by Gasteiger charge is -2.19. The molecule has 2 atom stereocenters. The highest BCUT2D eigenvalue weighted by atomic mass is 35.5. The second-order valence-corrected chi connectivity index (χ2v) is 4.70. The predicted molar refractivity (Wildman–Crippen MR) is 72.2 cm³/mol. The van der Waals surface area contributed by atoms with Gasteiger partial charge in [-0.1, -0.05) is 41.9 Å². The summed E-state index contributed by atoms with van der Waals surface area (Å²) in [6.45, 7) is 0. The van der Waals surface area contributed by atoms with E-state index in [9.17, 15) is 15.0 Å². The Morgan fingerprint density at radius 2 is 1.79 bits per heavy atom. The van der Waals surface area contributed by atoms with Crippen molar-refractivity contribution in [2.24, 2.45) is 0 Å². The molecule has 0 aromatic heterocycles. The number of benzene rings is 2. The van der Waals surface area contributed by atoms with E-state index in [1.165, 1.54) is 0 Å². The Balaban J connectivity index is 2.47. The Morgan fingerprint density at radius 3 is 2.42 bits per heavy atom. The maximum absolute atomic E-state index is 10.6. The minimum atomic E-state index is -1.38. The van der Waals surface area contributed by atoms with Crippen molar-refractivity contribution in [3.63, 3.8) is 0 Å². The van der Waals surface area contributed by atoms with Crippen molar-refractivity contribution in [1.82, 2.24) is 0 Å². The summed E-state index contributed by atoms with van der Waals surface area (Å²) < 4.78 is 0. The van der Waals surface area contributed by atoms with Crippen molar-refractivity contribution in [2.75, 3.05) is 0 Å². The van der Waals surface area contributed by atoms with E-state index in [1.54, 1.807) is 24.3 Å². The summed E-state index contributed by atoms with van der Waals surface area (Å²) in [6, 6.07) is 10.5. The third-order valence-corrected chi connectivity index (χ3v) is 3.27. The van der Waals surface area contributed by atoms with Crippen LogP contribution in [0.2, 0.25) is 5.02 Å². The maximum atomic E-state index is 10.6. The number of aliphatic carboxylic acids is 1. The molecule has 0 aliphatic rings. The van der Waals surface area contributed by atoms with E-state index >= 15 is 0 Å². The van der Waals surface area contributed by atoms with Gasteiger partial charge in [0.15, 0.2) is 0 Å². The number of hydrogen-bond donors (Lipinski definition) is 3. The molecule has 3 N–H and O–H groups in total. The molecular formula is C14H13ClO4. The zero-order valence-corrected chi connectivity index (χ0v) is 10.7. The summed E-state index contributed by atoms with van der Waals surface area (Å²) >= 11 is 6.11. The Hall–Kier alpha value is -1.62. The fraction of sp³-hybridized carbons (Fsp3) is 0.214. The number of carboxylic acids is 1. The molecule has 2 aromatic carbocycles. The molecule has 2 unspecified atom stereocenters. The monoisotopic (exact) mass is 280 g/mol. The average molecular weight is 281 g/mol. The van der Waals surface area contributed by atoms with Crippen LogP contribution in [0, 0.1) is 0 Å². The first-order chi connectivity index (χ1) is 9.00. The highest BCUT2D eigenvalue weighted by Gasteiger charge is 2.23. The molecule has 0 saturated carbocycles. The summed E-state index contributed by atoms with van der Waals surface area (Å²) in [4.78, 5) is 10.6. The van der Waals surface area contributed by atoms with E-state index in [-0.39, 0.29) is 0 Å². The number of aliphatic hydroxyl groups is 2. The van der Waals surface area contributed by atoms with Gasteiger partial charge < -0.3 is 15.3 Å². The van der Waals surface area contributed by atoms with E-state index in [2.05, 4.69) is 0 Å². The van der Waals surface area contributed by atoms with Gasteiger partial charge in [-0.2, -0.15) is 0 Å². The molecule has 0 heterocycles. The topological polar surface area (TPSA) is 77.8 Å². The van der Waals surface area contributed by atoms with Crippen molar-refractivity contribution in [3.8, 4) is 0 Å². The average Bonchev–Trinajstić information content (AvgIpc) is 2.36. The molecule has 19 heavy (non-hydrogen) atoms. The van der Waals surface area contributed by atoms with E-state index in [0.29, 0.717) is 16.0 Å². The summed E-state index contributed by atoms with van der Waals surface area (Å²) in [5, 5.41) is 30.4. The van der Waals surface area contributed by atoms with E-state index in [0.717, 1.165) is 5.39 Å². The first kappa shape index (κ1) is 13.8. The van der Waals surface area contributed by atoms with Gasteiger partial charge in [-0.15, -0.1) is 0 Å². The van der Waals surface area contributed by atoms with Gasteiger partial charge in [0.05, 0.1) is 12.5 Å². The Labute approximate surface area is 114 Å². The molecule has 4 nitrogen and oxygen atoms in total. The molecule has 0 saturated heterocycles. The molecular weight excluding hydrogens is 268 g/mol. The van der Waals surface area contributed by atoms with Gasteiger partial charge in [0.25, 0.3) is 0 Å². The second-order valence-electron chi connectivity index (χ2n) is 4.30. The Morgan fingerprint density at radius 1 is 1.16 bits per heavy atom. The number of halogens is 1. The molecule has 0 spiro atoms. The molecule has 100 valence electrons. The number of hydrogen-bond acceptors (Lipinski definition) is 3. The molecule has 0 aliphatic heterocycles. The number of carboxylic acid groups (broad SMARTS) is 1. The predicted octanol–water partition coefficient (Wildman–Crippen LogP) is 2.36. The highest BCUT2D eigenvalue weighted by Crippen LogP contribution is 2.32. The van der Waals surface area contributed by atoms with Gasteiger partial charge in [0.2, 0.25) is 0 Å². The Bertz CT molecular complexity index is 606. The third kappa shape index (κ3) is 2.87. The van der Waals surface area contributed by atoms with Crippen LogP contribution in [0.3, 0.4) is 0 Å². The maximum Gasteiger partial charge on any atom is 0.306 e. The molecule has 2 aromatic rings. The van der Waals surface area contributed by atoms with Crippen LogP contribution in [0.15, 0.2) is 36.4 Å². The molecule has 0 radical (unpaired) electrons. The smallest absolute Gasteiger partial charge is 0.306 e.